The van der Waals surface area contributed by atoms with Crippen molar-refractivity contribution in [1.82, 2.24) is 9.80 Å². The van der Waals surface area contributed by atoms with Crippen molar-refractivity contribution in [1.29, 1.82) is 0 Å². The predicted molar refractivity (Wildman–Crippen MR) is 79.5 cm³/mol. The van der Waals surface area contributed by atoms with E-state index >= 15 is 0 Å². The molecule has 0 radical (unpaired) electrons. The van der Waals surface area contributed by atoms with Crippen LogP contribution in [0.5, 0.6) is 0 Å². The third-order valence-corrected chi connectivity index (χ3v) is 4.06. The fourth-order valence-corrected chi connectivity index (χ4v) is 2.82. The molecule has 2 aliphatic heterocycles. The Hall–Kier alpha value is -1.79. The average Bonchev–Trinajstić information content (AvgIpc) is 2.92. The number of fused-ring (bicyclic) bond motifs is 1. The summed E-state index contributed by atoms with van der Waals surface area (Å²) in [5, 5.41) is 12.5. The molecule has 0 bridgehead atoms. The normalized spacial score (nSPS) is 18.6. The number of carbonyl (C=O) groups is 1. The standard InChI is InChI=1S/C15H21N3O3/c19-15(20)18-10-12-1-2-14(9-13(12)11-18)16-3-4-17-5-7-21-8-6-17/h1-2,9,16H,3-8,10-11H2,(H,19,20). The van der Waals surface area contributed by atoms with E-state index in [4.69, 9.17) is 9.84 Å². The minimum atomic E-state index is -0.854. The monoisotopic (exact) mass is 291 g/mol. The third-order valence-electron chi connectivity index (χ3n) is 4.06. The van der Waals surface area contributed by atoms with Crippen LogP contribution >= 0.6 is 0 Å². The Morgan fingerprint density at radius 3 is 2.76 bits per heavy atom. The number of anilines is 1. The molecule has 1 fully saturated rings. The van der Waals surface area contributed by atoms with Gasteiger partial charge in [-0.15, -0.1) is 0 Å². The highest BCUT2D eigenvalue weighted by molar-refractivity contribution is 5.67. The molecule has 2 aliphatic rings. The topological polar surface area (TPSA) is 65.0 Å². The Balaban J connectivity index is 1.51. The van der Waals surface area contributed by atoms with Gasteiger partial charge in [0.25, 0.3) is 0 Å². The highest BCUT2D eigenvalue weighted by atomic mass is 16.5. The lowest BCUT2D eigenvalue weighted by atomic mass is 10.1. The number of nitrogens with zero attached hydrogens (tertiary/aromatic N) is 2. The Kier molecular flexibility index (Phi) is 4.26. The summed E-state index contributed by atoms with van der Waals surface area (Å²) in [7, 11) is 0. The molecule has 0 spiro atoms. The van der Waals surface area contributed by atoms with E-state index in [1.165, 1.54) is 4.90 Å². The number of ether oxygens (including phenoxy) is 1. The van der Waals surface area contributed by atoms with Crippen LogP contribution in [0.3, 0.4) is 0 Å². The molecule has 0 unspecified atom stereocenters. The second-order valence-electron chi connectivity index (χ2n) is 5.50. The Morgan fingerprint density at radius 2 is 2.00 bits per heavy atom. The maximum Gasteiger partial charge on any atom is 0.407 e. The summed E-state index contributed by atoms with van der Waals surface area (Å²) in [6.07, 6.45) is -0.854. The van der Waals surface area contributed by atoms with Gasteiger partial charge in [0.1, 0.15) is 0 Å². The Labute approximate surface area is 124 Å². The number of carboxylic acid groups (broad SMARTS) is 1. The van der Waals surface area contributed by atoms with Gasteiger partial charge in [0, 0.05) is 45.0 Å². The number of nitrogens with one attached hydrogen (secondary N) is 1. The van der Waals surface area contributed by atoms with Crippen molar-refractivity contribution in [2.24, 2.45) is 0 Å². The van der Waals surface area contributed by atoms with Gasteiger partial charge in [-0.3, -0.25) is 9.80 Å². The van der Waals surface area contributed by atoms with Crippen molar-refractivity contribution < 1.29 is 14.6 Å². The van der Waals surface area contributed by atoms with Gasteiger partial charge in [0.05, 0.1) is 13.2 Å². The van der Waals surface area contributed by atoms with Crippen LogP contribution in [0.1, 0.15) is 11.1 Å². The molecule has 1 amide bonds. The van der Waals surface area contributed by atoms with Crippen molar-refractivity contribution in [2.75, 3.05) is 44.7 Å². The molecule has 0 aromatic heterocycles. The van der Waals surface area contributed by atoms with Crippen LogP contribution in [0.4, 0.5) is 10.5 Å². The first kappa shape index (κ1) is 14.2. The molecule has 2 N–H and O–H groups in total. The van der Waals surface area contributed by atoms with Gasteiger partial charge in [-0.05, 0) is 23.3 Å². The van der Waals surface area contributed by atoms with Gasteiger partial charge in [-0.25, -0.2) is 4.79 Å². The highest BCUT2D eigenvalue weighted by Crippen LogP contribution is 2.25. The van der Waals surface area contributed by atoms with Gasteiger partial charge in [0.2, 0.25) is 0 Å². The van der Waals surface area contributed by atoms with Gasteiger partial charge < -0.3 is 15.2 Å². The Bertz CT molecular complexity index is 515. The smallest absolute Gasteiger partial charge is 0.407 e. The van der Waals surface area contributed by atoms with Crippen molar-refractivity contribution >= 4 is 11.8 Å². The van der Waals surface area contributed by atoms with Gasteiger partial charge in [0.15, 0.2) is 0 Å². The lowest BCUT2D eigenvalue weighted by molar-refractivity contribution is 0.0398. The first-order valence-electron chi connectivity index (χ1n) is 7.36. The van der Waals surface area contributed by atoms with E-state index in [1.54, 1.807) is 0 Å². The largest absolute Gasteiger partial charge is 0.465 e. The van der Waals surface area contributed by atoms with Crippen LogP contribution in [0.2, 0.25) is 0 Å². The minimum absolute atomic E-state index is 0.490. The zero-order chi connectivity index (χ0) is 14.7. The molecule has 1 saturated heterocycles. The maximum atomic E-state index is 11.0. The SMILES string of the molecule is O=C(O)N1Cc2ccc(NCCN3CCOCC3)cc2C1. The van der Waals surface area contributed by atoms with Gasteiger partial charge in [-0.2, -0.15) is 0 Å². The number of hydrogen-bond acceptors (Lipinski definition) is 4. The van der Waals surface area contributed by atoms with E-state index in [0.29, 0.717) is 13.1 Å². The van der Waals surface area contributed by atoms with E-state index in [9.17, 15) is 4.79 Å². The fourth-order valence-electron chi connectivity index (χ4n) is 2.82. The summed E-state index contributed by atoms with van der Waals surface area (Å²) in [4.78, 5) is 14.8. The van der Waals surface area contributed by atoms with E-state index in [2.05, 4.69) is 16.3 Å². The van der Waals surface area contributed by atoms with Crippen LogP contribution in [0.25, 0.3) is 0 Å². The summed E-state index contributed by atoms with van der Waals surface area (Å²) < 4.78 is 5.33. The first-order chi connectivity index (χ1) is 10.2. The molecular weight excluding hydrogens is 270 g/mol. The molecule has 1 aromatic rings. The lowest BCUT2D eigenvalue weighted by Gasteiger charge is -2.26. The number of amides is 1. The van der Waals surface area contributed by atoms with Crippen LogP contribution in [0.15, 0.2) is 18.2 Å². The van der Waals surface area contributed by atoms with Crippen LogP contribution < -0.4 is 5.32 Å². The second kappa shape index (κ2) is 6.32. The van der Waals surface area contributed by atoms with E-state index in [0.717, 1.165) is 56.2 Å². The number of hydrogen-bond donors (Lipinski definition) is 2. The van der Waals surface area contributed by atoms with Crippen molar-refractivity contribution in [3.63, 3.8) is 0 Å². The van der Waals surface area contributed by atoms with Gasteiger partial charge >= 0.3 is 6.09 Å². The van der Waals surface area contributed by atoms with Gasteiger partial charge in [-0.1, -0.05) is 6.07 Å². The summed E-state index contributed by atoms with van der Waals surface area (Å²) in [6.45, 7) is 6.53. The van der Waals surface area contributed by atoms with Crippen LogP contribution in [0, 0.1) is 0 Å². The second-order valence-corrected chi connectivity index (χ2v) is 5.50. The van der Waals surface area contributed by atoms with E-state index in [-0.39, 0.29) is 0 Å². The number of benzene rings is 1. The average molecular weight is 291 g/mol. The van der Waals surface area contributed by atoms with Crippen molar-refractivity contribution in [3.8, 4) is 0 Å². The minimum Gasteiger partial charge on any atom is -0.465 e. The molecule has 6 nitrogen and oxygen atoms in total. The zero-order valence-electron chi connectivity index (χ0n) is 12.0. The number of morpholine rings is 1. The lowest BCUT2D eigenvalue weighted by Crippen LogP contribution is -2.39. The molecule has 114 valence electrons. The van der Waals surface area contributed by atoms with E-state index < -0.39 is 6.09 Å². The summed E-state index contributed by atoms with van der Waals surface area (Å²) >= 11 is 0. The summed E-state index contributed by atoms with van der Waals surface area (Å²) in [6, 6.07) is 6.12. The summed E-state index contributed by atoms with van der Waals surface area (Å²) in [5.74, 6) is 0. The molecule has 6 heteroatoms. The van der Waals surface area contributed by atoms with Crippen LogP contribution in [-0.4, -0.2) is 60.4 Å². The molecular formula is C15H21N3O3. The molecule has 2 heterocycles. The maximum absolute atomic E-state index is 11.0. The zero-order valence-corrected chi connectivity index (χ0v) is 12.0. The molecule has 0 atom stereocenters. The number of rotatable bonds is 4. The molecule has 3 rings (SSSR count). The third kappa shape index (κ3) is 3.46. The summed E-state index contributed by atoms with van der Waals surface area (Å²) in [5.41, 5.74) is 3.28. The molecule has 0 saturated carbocycles. The predicted octanol–water partition coefficient (Wildman–Crippen LogP) is 1.42. The Morgan fingerprint density at radius 1 is 1.24 bits per heavy atom. The van der Waals surface area contributed by atoms with Crippen molar-refractivity contribution in [2.45, 2.75) is 13.1 Å². The molecule has 21 heavy (non-hydrogen) atoms. The quantitative estimate of drug-likeness (QED) is 0.878. The fraction of sp³-hybridized carbons (Fsp3) is 0.533. The van der Waals surface area contributed by atoms with Crippen LogP contribution in [-0.2, 0) is 17.8 Å². The van der Waals surface area contributed by atoms with Crippen molar-refractivity contribution in [3.05, 3.63) is 29.3 Å². The first-order valence-corrected chi connectivity index (χ1v) is 7.36. The highest BCUT2D eigenvalue weighted by Gasteiger charge is 2.22. The van der Waals surface area contributed by atoms with E-state index in [1.807, 2.05) is 12.1 Å². The molecule has 0 aliphatic carbocycles. The molecule has 1 aromatic carbocycles.